The molecule has 1 aliphatic rings. The molecule has 0 saturated carbocycles. The van der Waals surface area contributed by atoms with Crippen LogP contribution in [0.4, 0.5) is 11.5 Å². The van der Waals surface area contributed by atoms with Crippen LogP contribution in [0.25, 0.3) is 22.4 Å². The highest BCUT2D eigenvalue weighted by Crippen LogP contribution is 2.33. The van der Waals surface area contributed by atoms with E-state index in [2.05, 4.69) is 20.3 Å². The first-order chi connectivity index (χ1) is 16.1. The number of hydrogen-bond acceptors (Lipinski definition) is 9. The summed E-state index contributed by atoms with van der Waals surface area (Å²) in [7, 11) is 5.12. The maximum atomic E-state index is 5.48. The molecule has 1 aromatic carbocycles. The SMILES string of the molecule is COc1cc(OC)cc(N(CC2=CCN=N2)c2ccc3ncc(-c4cnn(C)c4)nc3n2)c1. The van der Waals surface area contributed by atoms with E-state index in [9.17, 15) is 0 Å². The summed E-state index contributed by atoms with van der Waals surface area (Å²) < 4.78 is 12.7. The molecule has 10 heteroatoms. The summed E-state index contributed by atoms with van der Waals surface area (Å²) in [4.78, 5) is 16.1. The van der Waals surface area contributed by atoms with Gasteiger partial charge in [0.1, 0.15) is 22.8 Å². The molecule has 10 nitrogen and oxygen atoms in total. The molecule has 1 aliphatic heterocycles. The fraction of sp³-hybridized carbons (Fsp3) is 0.217. The van der Waals surface area contributed by atoms with Gasteiger partial charge in [0.05, 0.1) is 56.8 Å². The van der Waals surface area contributed by atoms with E-state index < -0.39 is 0 Å². The number of azo groups is 1. The van der Waals surface area contributed by atoms with Crippen molar-refractivity contribution in [2.45, 2.75) is 0 Å². The Morgan fingerprint density at radius 1 is 1.03 bits per heavy atom. The molecule has 0 amide bonds. The fourth-order valence-corrected chi connectivity index (χ4v) is 3.56. The Kier molecular flexibility index (Phi) is 5.39. The van der Waals surface area contributed by atoms with Gasteiger partial charge in [0, 0.05) is 37.0 Å². The zero-order valence-electron chi connectivity index (χ0n) is 18.5. The molecule has 0 bridgehead atoms. The third kappa shape index (κ3) is 4.22. The smallest absolute Gasteiger partial charge is 0.180 e. The molecule has 0 spiro atoms. The highest BCUT2D eigenvalue weighted by molar-refractivity contribution is 5.77. The summed E-state index contributed by atoms with van der Waals surface area (Å²) >= 11 is 0. The van der Waals surface area contributed by atoms with Crippen LogP contribution in [0.1, 0.15) is 0 Å². The first kappa shape index (κ1) is 20.6. The van der Waals surface area contributed by atoms with Gasteiger partial charge in [-0.25, -0.2) is 9.97 Å². The number of benzene rings is 1. The minimum atomic E-state index is 0.480. The Hall–Kier alpha value is -4.34. The second-order valence-electron chi connectivity index (χ2n) is 7.45. The maximum Gasteiger partial charge on any atom is 0.180 e. The lowest BCUT2D eigenvalue weighted by atomic mass is 10.2. The van der Waals surface area contributed by atoms with Crippen LogP contribution in [-0.2, 0) is 7.05 Å². The number of fused-ring (bicyclic) bond motifs is 1. The Labute approximate surface area is 190 Å². The van der Waals surface area contributed by atoms with Crippen molar-refractivity contribution < 1.29 is 9.47 Å². The molecule has 0 fully saturated rings. The molecule has 4 heterocycles. The van der Waals surface area contributed by atoms with Crippen LogP contribution in [-0.4, -0.2) is 52.0 Å². The van der Waals surface area contributed by atoms with Gasteiger partial charge in [-0.05, 0) is 18.2 Å². The van der Waals surface area contributed by atoms with E-state index in [0.717, 1.165) is 16.9 Å². The van der Waals surface area contributed by atoms with Gasteiger partial charge in [0.2, 0.25) is 0 Å². The second-order valence-corrected chi connectivity index (χ2v) is 7.45. The van der Waals surface area contributed by atoms with Gasteiger partial charge in [-0.15, -0.1) is 0 Å². The number of hydrogen-bond donors (Lipinski definition) is 0. The molecular weight excluding hydrogens is 420 g/mol. The lowest BCUT2D eigenvalue weighted by Gasteiger charge is -2.24. The van der Waals surface area contributed by atoms with Gasteiger partial charge in [0.15, 0.2) is 5.65 Å². The summed E-state index contributed by atoms with van der Waals surface area (Å²) in [5.41, 5.74) is 4.53. The van der Waals surface area contributed by atoms with Crippen molar-refractivity contribution in [3.05, 3.63) is 60.7 Å². The van der Waals surface area contributed by atoms with E-state index >= 15 is 0 Å². The summed E-state index contributed by atoms with van der Waals surface area (Å²) in [5.74, 6) is 2.05. The summed E-state index contributed by atoms with van der Waals surface area (Å²) in [5, 5.41) is 12.5. The third-order valence-corrected chi connectivity index (χ3v) is 5.24. The van der Waals surface area contributed by atoms with Gasteiger partial charge in [-0.1, -0.05) is 0 Å². The zero-order chi connectivity index (χ0) is 22.8. The first-order valence-corrected chi connectivity index (χ1v) is 10.3. The van der Waals surface area contributed by atoms with Gasteiger partial charge in [-0.3, -0.25) is 9.67 Å². The number of ether oxygens (including phenoxy) is 2. The summed E-state index contributed by atoms with van der Waals surface area (Å²) in [6, 6.07) is 9.51. The van der Waals surface area contributed by atoms with Gasteiger partial charge in [-0.2, -0.15) is 15.3 Å². The van der Waals surface area contributed by atoms with Crippen molar-refractivity contribution in [3.63, 3.8) is 0 Å². The van der Waals surface area contributed by atoms with Crippen molar-refractivity contribution in [1.82, 2.24) is 24.7 Å². The second kappa shape index (κ2) is 8.65. The molecule has 5 rings (SSSR count). The fourth-order valence-electron chi connectivity index (χ4n) is 3.56. The predicted octanol–water partition coefficient (Wildman–Crippen LogP) is 3.93. The number of rotatable bonds is 7. The van der Waals surface area contributed by atoms with E-state index in [1.807, 2.05) is 54.6 Å². The van der Waals surface area contributed by atoms with Crippen LogP contribution in [0.2, 0.25) is 0 Å². The molecule has 0 atom stereocenters. The number of pyridine rings is 1. The van der Waals surface area contributed by atoms with Crippen molar-refractivity contribution in [1.29, 1.82) is 0 Å². The third-order valence-electron chi connectivity index (χ3n) is 5.24. The van der Waals surface area contributed by atoms with Gasteiger partial charge in [0.25, 0.3) is 0 Å². The quantitative estimate of drug-likeness (QED) is 0.427. The lowest BCUT2D eigenvalue weighted by molar-refractivity contribution is 0.394. The van der Waals surface area contributed by atoms with E-state index in [-0.39, 0.29) is 0 Å². The minimum absolute atomic E-state index is 0.480. The molecule has 0 aliphatic carbocycles. The maximum absolute atomic E-state index is 5.48. The zero-order valence-corrected chi connectivity index (χ0v) is 18.5. The molecule has 166 valence electrons. The van der Waals surface area contributed by atoms with Crippen LogP contribution in [0.15, 0.2) is 70.9 Å². The van der Waals surface area contributed by atoms with Crippen LogP contribution in [0, 0.1) is 0 Å². The van der Waals surface area contributed by atoms with Crippen molar-refractivity contribution in [3.8, 4) is 22.8 Å². The molecular formula is C23H22N8O2. The number of anilines is 2. The minimum Gasteiger partial charge on any atom is -0.497 e. The Morgan fingerprint density at radius 3 is 2.52 bits per heavy atom. The average molecular weight is 442 g/mol. The monoisotopic (exact) mass is 442 g/mol. The molecule has 4 aromatic rings. The molecule has 0 N–H and O–H groups in total. The van der Waals surface area contributed by atoms with Crippen LogP contribution in [0.5, 0.6) is 11.5 Å². The molecule has 3 aromatic heterocycles. The van der Waals surface area contributed by atoms with E-state index in [1.165, 1.54) is 0 Å². The van der Waals surface area contributed by atoms with Crippen molar-refractivity contribution in [2.24, 2.45) is 17.3 Å². The van der Waals surface area contributed by atoms with E-state index in [4.69, 9.17) is 19.4 Å². The standard InChI is InChI=1S/C23H22N8O2/c1-30-13-15(11-26-30)21-12-24-20-4-5-22(28-23(20)27-21)31(14-16-6-7-25-29-16)17-8-18(32-2)10-19(9-17)33-3/h4-6,8-13H,7,14H2,1-3H3. The predicted molar refractivity (Wildman–Crippen MR) is 124 cm³/mol. The van der Waals surface area contributed by atoms with Crippen molar-refractivity contribution >= 4 is 22.7 Å². The number of methoxy groups -OCH3 is 2. The summed E-state index contributed by atoms with van der Waals surface area (Å²) in [6.07, 6.45) is 7.37. The lowest BCUT2D eigenvalue weighted by Crippen LogP contribution is -2.21. The van der Waals surface area contributed by atoms with E-state index in [1.54, 1.807) is 31.3 Å². The number of aryl methyl sites for hydroxylation is 1. The summed E-state index contributed by atoms with van der Waals surface area (Å²) in [6.45, 7) is 1.06. The Bertz CT molecular complexity index is 1360. The topological polar surface area (TPSA) is 103 Å². The molecule has 33 heavy (non-hydrogen) atoms. The van der Waals surface area contributed by atoms with Gasteiger partial charge < -0.3 is 14.4 Å². The molecule has 0 radical (unpaired) electrons. The highest BCUT2D eigenvalue weighted by atomic mass is 16.5. The van der Waals surface area contributed by atoms with Crippen molar-refractivity contribution in [2.75, 3.05) is 32.2 Å². The molecule has 0 saturated heterocycles. The Morgan fingerprint density at radius 2 is 1.85 bits per heavy atom. The van der Waals surface area contributed by atoms with Gasteiger partial charge >= 0.3 is 0 Å². The first-order valence-electron chi connectivity index (χ1n) is 10.3. The number of nitrogens with zero attached hydrogens (tertiary/aromatic N) is 8. The van der Waals surface area contributed by atoms with E-state index in [0.29, 0.717) is 47.3 Å². The highest BCUT2D eigenvalue weighted by Gasteiger charge is 2.18. The average Bonchev–Trinajstić information content (AvgIpc) is 3.53. The largest absolute Gasteiger partial charge is 0.497 e. The number of aromatic nitrogens is 5. The van der Waals surface area contributed by atoms with Crippen LogP contribution < -0.4 is 14.4 Å². The normalized spacial score (nSPS) is 12.8. The van der Waals surface area contributed by atoms with Crippen LogP contribution in [0.3, 0.4) is 0 Å². The molecule has 0 unspecified atom stereocenters. The van der Waals surface area contributed by atoms with Crippen LogP contribution >= 0.6 is 0 Å². The Balaban J connectivity index is 1.60.